The highest BCUT2D eigenvalue weighted by molar-refractivity contribution is 7.11. The van der Waals surface area contributed by atoms with Gasteiger partial charge in [-0.2, -0.15) is 0 Å². The summed E-state index contributed by atoms with van der Waals surface area (Å²) in [5, 5.41) is 0. The molecule has 0 aromatic carbocycles. The molecule has 96 valence electrons. The summed E-state index contributed by atoms with van der Waals surface area (Å²) in [4.78, 5) is 2.96. The fourth-order valence-corrected chi connectivity index (χ4v) is 3.93. The zero-order valence-corrected chi connectivity index (χ0v) is 11.7. The van der Waals surface area contributed by atoms with E-state index in [4.69, 9.17) is 5.84 Å². The molecule has 3 unspecified atom stereocenters. The molecule has 0 amide bonds. The highest BCUT2D eigenvalue weighted by Crippen LogP contribution is 2.34. The summed E-state index contributed by atoms with van der Waals surface area (Å²) in [5.74, 6) is 7.39. The largest absolute Gasteiger partial charge is 0.271 e. The Labute approximate surface area is 109 Å². The van der Waals surface area contributed by atoms with Gasteiger partial charge in [0.25, 0.3) is 0 Å². The predicted molar refractivity (Wildman–Crippen MR) is 75.0 cm³/mol. The van der Waals surface area contributed by atoms with Crippen molar-refractivity contribution in [2.75, 3.05) is 0 Å². The predicted octanol–water partition coefficient (Wildman–Crippen LogP) is 3.12. The van der Waals surface area contributed by atoms with Gasteiger partial charge in [-0.1, -0.05) is 20.3 Å². The molecule has 1 aliphatic carbocycles. The number of rotatable bonds is 5. The van der Waals surface area contributed by atoms with Crippen molar-refractivity contribution < 1.29 is 0 Å². The van der Waals surface area contributed by atoms with E-state index in [2.05, 4.69) is 31.4 Å². The van der Waals surface area contributed by atoms with Crippen LogP contribution in [0.4, 0.5) is 0 Å². The highest BCUT2D eigenvalue weighted by atomic mass is 32.1. The van der Waals surface area contributed by atoms with Crippen molar-refractivity contribution in [3.05, 3.63) is 21.9 Å². The number of hydrogen-bond acceptors (Lipinski definition) is 3. The third-order valence-electron chi connectivity index (χ3n) is 4.01. The number of hydrogen-bond donors (Lipinski definition) is 2. The highest BCUT2D eigenvalue weighted by Gasteiger charge is 2.28. The lowest BCUT2D eigenvalue weighted by atomic mass is 9.94. The van der Waals surface area contributed by atoms with E-state index in [9.17, 15) is 0 Å². The molecule has 0 bridgehead atoms. The third kappa shape index (κ3) is 3.30. The minimum atomic E-state index is 0.461. The first-order valence-electron chi connectivity index (χ1n) is 6.76. The maximum atomic E-state index is 5.74. The molecule has 2 rings (SSSR count). The maximum Gasteiger partial charge on any atom is 0.0287 e. The minimum absolute atomic E-state index is 0.461. The minimum Gasteiger partial charge on any atom is -0.271 e. The number of nitrogens with two attached hydrogens (primary N) is 1. The van der Waals surface area contributed by atoms with Gasteiger partial charge in [0.15, 0.2) is 0 Å². The molecular formula is C14H24N2S. The summed E-state index contributed by atoms with van der Waals surface area (Å²) < 4.78 is 0. The van der Waals surface area contributed by atoms with Crippen molar-refractivity contribution in [1.29, 1.82) is 0 Å². The van der Waals surface area contributed by atoms with Gasteiger partial charge in [-0.3, -0.25) is 11.3 Å². The molecule has 0 saturated heterocycles. The SMILES string of the molecule is CCc1ccc(CC(NN)C2CCC(C)C2)s1. The number of thiophene rings is 1. The lowest BCUT2D eigenvalue weighted by molar-refractivity contribution is 0.354. The van der Waals surface area contributed by atoms with Crippen LogP contribution in [-0.4, -0.2) is 6.04 Å². The zero-order valence-electron chi connectivity index (χ0n) is 10.9. The second-order valence-electron chi connectivity index (χ2n) is 5.38. The Kier molecular flexibility index (Phi) is 4.60. The number of nitrogens with one attached hydrogen (secondary N) is 1. The molecule has 1 heterocycles. The smallest absolute Gasteiger partial charge is 0.0287 e. The van der Waals surface area contributed by atoms with Crippen molar-refractivity contribution >= 4 is 11.3 Å². The molecule has 1 fully saturated rings. The van der Waals surface area contributed by atoms with E-state index in [-0.39, 0.29) is 0 Å². The summed E-state index contributed by atoms with van der Waals surface area (Å²) in [6.45, 7) is 4.57. The van der Waals surface area contributed by atoms with Crippen molar-refractivity contribution in [3.63, 3.8) is 0 Å². The van der Waals surface area contributed by atoms with Gasteiger partial charge in [-0.25, -0.2) is 0 Å². The van der Waals surface area contributed by atoms with Crippen molar-refractivity contribution in [3.8, 4) is 0 Å². The second kappa shape index (κ2) is 5.98. The van der Waals surface area contributed by atoms with Gasteiger partial charge in [0.1, 0.15) is 0 Å². The molecule has 2 nitrogen and oxygen atoms in total. The van der Waals surface area contributed by atoms with E-state index in [0.29, 0.717) is 6.04 Å². The molecule has 3 heteroatoms. The van der Waals surface area contributed by atoms with E-state index >= 15 is 0 Å². The summed E-state index contributed by atoms with van der Waals surface area (Å²) in [6, 6.07) is 4.99. The summed E-state index contributed by atoms with van der Waals surface area (Å²) >= 11 is 1.94. The standard InChI is InChI=1S/C14H24N2S/c1-3-12-6-7-13(17-12)9-14(16-15)11-5-4-10(2)8-11/h6-7,10-11,14,16H,3-5,8-9,15H2,1-2H3. The number of aryl methyl sites for hydroxylation is 1. The van der Waals surface area contributed by atoms with Crippen LogP contribution in [0.5, 0.6) is 0 Å². The lowest BCUT2D eigenvalue weighted by Gasteiger charge is -2.22. The normalized spacial score (nSPS) is 26.3. The zero-order chi connectivity index (χ0) is 12.3. The van der Waals surface area contributed by atoms with Gasteiger partial charge in [-0.15, -0.1) is 11.3 Å². The van der Waals surface area contributed by atoms with Crippen molar-refractivity contribution in [2.24, 2.45) is 17.7 Å². The van der Waals surface area contributed by atoms with Crippen molar-refractivity contribution in [2.45, 2.75) is 52.0 Å². The van der Waals surface area contributed by atoms with Crippen LogP contribution in [-0.2, 0) is 12.8 Å². The number of hydrazine groups is 1. The topological polar surface area (TPSA) is 38.0 Å². The van der Waals surface area contributed by atoms with E-state index in [1.54, 1.807) is 0 Å². The van der Waals surface area contributed by atoms with Crippen LogP contribution in [0, 0.1) is 11.8 Å². The molecule has 1 aliphatic rings. The molecule has 0 radical (unpaired) electrons. The Morgan fingerprint density at radius 3 is 2.71 bits per heavy atom. The quantitative estimate of drug-likeness (QED) is 0.624. The molecule has 3 atom stereocenters. The average molecular weight is 252 g/mol. The monoisotopic (exact) mass is 252 g/mol. The van der Waals surface area contributed by atoms with E-state index in [1.807, 2.05) is 11.3 Å². The van der Waals surface area contributed by atoms with Gasteiger partial charge in [0.2, 0.25) is 0 Å². The van der Waals surface area contributed by atoms with Crippen LogP contribution < -0.4 is 11.3 Å². The first-order chi connectivity index (χ1) is 8.22. The molecule has 1 saturated carbocycles. The summed E-state index contributed by atoms with van der Waals surface area (Å²) in [7, 11) is 0. The lowest BCUT2D eigenvalue weighted by Crippen LogP contribution is -2.41. The second-order valence-corrected chi connectivity index (χ2v) is 6.63. The maximum absolute atomic E-state index is 5.74. The molecule has 0 aliphatic heterocycles. The summed E-state index contributed by atoms with van der Waals surface area (Å²) in [6.07, 6.45) is 6.28. The van der Waals surface area contributed by atoms with Crippen LogP contribution in [0.15, 0.2) is 12.1 Å². The third-order valence-corrected chi connectivity index (χ3v) is 5.26. The Balaban J connectivity index is 1.95. The van der Waals surface area contributed by atoms with Crippen LogP contribution in [0.2, 0.25) is 0 Å². The average Bonchev–Trinajstić information content (AvgIpc) is 2.94. The van der Waals surface area contributed by atoms with E-state index in [1.165, 1.54) is 29.0 Å². The van der Waals surface area contributed by atoms with E-state index in [0.717, 1.165) is 24.7 Å². The Bertz CT molecular complexity index is 348. The molecule has 17 heavy (non-hydrogen) atoms. The molecular weight excluding hydrogens is 228 g/mol. The van der Waals surface area contributed by atoms with Gasteiger partial charge in [-0.05, 0) is 49.7 Å². The van der Waals surface area contributed by atoms with Crippen LogP contribution in [0.1, 0.15) is 42.9 Å². The summed E-state index contributed by atoms with van der Waals surface area (Å²) in [5.41, 5.74) is 3.05. The molecule has 0 spiro atoms. The first-order valence-corrected chi connectivity index (χ1v) is 7.58. The Morgan fingerprint density at radius 1 is 1.41 bits per heavy atom. The Morgan fingerprint density at radius 2 is 2.18 bits per heavy atom. The molecule has 1 aromatic rings. The molecule has 1 aromatic heterocycles. The van der Waals surface area contributed by atoms with E-state index < -0.39 is 0 Å². The fourth-order valence-electron chi connectivity index (χ4n) is 2.92. The Hall–Kier alpha value is -0.380. The van der Waals surface area contributed by atoms with Gasteiger partial charge < -0.3 is 0 Å². The van der Waals surface area contributed by atoms with Gasteiger partial charge in [0.05, 0.1) is 0 Å². The molecule has 3 N–H and O–H groups in total. The van der Waals surface area contributed by atoms with Gasteiger partial charge in [0, 0.05) is 15.8 Å². The van der Waals surface area contributed by atoms with Crippen LogP contribution in [0.25, 0.3) is 0 Å². The first kappa shape index (κ1) is 13.1. The van der Waals surface area contributed by atoms with Gasteiger partial charge >= 0.3 is 0 Å². The van der Waals surface area contributed by atoms with Crippen LogP contribution in [0.3, 0.4) is 0 Å². The van der Waals surface area contributed by atoms with Crippen molar-refractivity contribution in [1.82, 2.24) is 5.43 Å². The van der Waals surface area contributed by atoms with Crippen LogP contribution >= 0.6 is 11.3 Å². The fraction of sp³-hybridized carbons (Fsp3) is 0.714.